The van der Waals surface area contributed by atoms with E-state index in [0.29, 0.717) is 5.52 Å². The van der Waals surface area contributed by atoms with Gasteiger partial charge in [-0.1, -0.05) is 47.7 Å². The first-order valence-electron chi connectivity index (χ1n) is 7.85. The Kier molecular flexibility index (Phi) is 4.26. The Bertz CT molecular complexity index is 1170. The lowest BCUT2D eigenvalue weighted by Gasteiger charge is -2.07. The molecule has 130 valence electrons. The van der Waals surface area contributed by atoms with Crippen molar-refractivity contribution in [2.45, 2.75) is 26.5 Å². The molecule has 0 unspecified atom stereocenters. The number of fused-ring (bicyclic) bond motifs is 1. The molecule has 0 bridgehead atoms. The number of hydrogen-bond acceptors (Lipinski definition) is 6. The molecule has 0 radical (unpaired) electrons. The molecule has 0 fully saturated rings. The minimum atomic E-state index is -3.70. The molecule has 1 heterocycles. The first-order chi connectivity index (χ1) is 12.6. The summed E-state index contributed by atoms with van der Waals surface area (Å²) in [7, 11) is -3.70. The summed E-state index contributed by atoms with van der Waals surface area (Å²) >= 11 is 1.49. The van der Waals surface area contributed by atoms with Gasteiger partial charge in [-0.2, -0.15) is 0 Å². The molecule has 26 heavy (non-hydrogen) atoms. The van der Waals surface area contributed by atoms with Crippen molar-refractivity contribution < 1.29 is 13.0 Å². The summed E-state index contributed by atoms with van der Waals surface area (Å²) in [6.07, 6.45) is 0. The second-order valence-electron chi connectivity index (χ2n) is 5.75. The first kappa shape index (κ1) is 16.8. The van der Waals surface area contributed by atoms with E-state index >= 15 is 0 Å². The van der Waals surface area contributed by atoms with Crippen LogP contribution in [-0.2, 0) is 9.84 Å². The van der Waals surface area contributed by atoms with Crippen molar-refractivity contribution in [3.05, 3.63) is 72.3 Å². The van der Waals surface area contributed by atoms with Crippen molar-refractivity contribution in [3.63, 3.8) is 0 Å². The Balaban J connectivity index is 1.80. The van der Waals surface area contributed by atoms with Crippen molar-refractivity contribution in [2.75, 3.05) is 0 Å². The third-order valence-corrected chi connectivity index (χ3v) is 6.79. The van der Waals surface area contributed by atoms with Gasteiger partial charge < -0.3 is 0 Å². The molecule has 0 amide bonds. The van der Waals surface area contributed by atoms with Crippen LogP contribution >= 0.6 is 11.8 Å². The lowest BCUT2D eigenvalue weighted by Crippen LogP contribution is -2.03. The van der Waals surface area contributed by atoms with Gasteiger partial charge in [-0.25, -0.2) is 13.0 Å². The predicted molar refractivity (Wildman–Crippen MR) is 99.0 cm³/mol. The van der Waals surface area contributed by atoms with Crippen molar-refractivity contribution in [1.29, 1.82) is 0 Å². The zero-order valence-electron chi connectivity index (χ0n) is 13.8. The SMILES string of the molecule is Cc1ccc(Sc2ccc(S(=O)(=O)c3ccccc3)c3nonc23)cc1. The minimum Gasteiger partial charge on any atom is -0.243 e. The van der Waals surface area contributed by atoms with Crippen LogP contribution in [0.1, 0.15) is 5.56 Å². The zero-order chi connectivity index (χ0) is 18.1. The second kappa shape index (κ2) is 6.59. The molecule has 5 nitrogen and oxygen atoms in total. The summed E-state index contributed by atoms with van der Waals surface area (Å²) in [6.45, 7) is 2.03. The van der Waals surface area contributed by atoms with E-state index in [2.05, 4.69) is 10.3 Å². The van der Waals surface area contributed by atoms with Crippen LogP contribution in [0.3, 0.4) is 0 Å². The quantitative estimate of drug-likeness (QED) is 0.517. The van der Waals surface area contributed by atoms with Gasteiger partial charge >= 0.3 is 0 Å². The fourth-order valence-electron chi connectivity index (χ4n) is 2.58. The summed E-state index contributed by atoms with van der Waals surface area (Å²) in [5.41, 5.74) is 1.85. The van der Waals surface area contributed by atoms with Crippen LogP contribution in [-0.4, -0.2) is 18.7 Å². The van der Waals surface area contributed by atoms with E-state index in [4.69, 9.17) is 4.63 Å². The molecule has 0 aliphatic carbocycles. The normalized spacial score (nSPS) is 11.7. The zero-order valence-corrected chi connectivity index (χ0v) is 15.4. The number of sulfone groups is 1. The summed E-state index contributed by atoms with van der Waals surface area (Å²) in [6, 6.07) is 19.6. The molecule has 0 saturated carbocycles. The Morgan fingerprint density at radius 2 is 1.54 bits per heavy atom. The van der Waals surface area contributed by atoms with E-state index in [-0.39, 0.29) is 15.3 Å². The number of hydrogen-bond donors (Lipinski definition) is 0. The lowest BCUT2D eigenvalue weighted by molar-refractivity contribution is 0.314. The molecule has 0 spiro atoms. The smallest absolute Gasteiger partial charge is 0.208 e. The lowest BCUT2D eigenvalue weighted by atomic mass is 10.2. The first-order valence-corrected chi connectivity index (χ1v) is 10.2. The maximum absolute atomic E-state index is 12.9. The van der Waals surface area contributed by atoms with Crippen molar-refractivity contribution in [3.8, 4) is 0 Å². The third kappa shape index (κ3) is 3.00. The third-order valence-electron chi connectivity index (χ3n) is 3.93. The molecule has 1 aromatic heterocycles. The fraction of sp³-hybridized carbons (Fsp3) is 0.0526. The molecule has 0 N–H and O–H groups in total. The highest BCUT2D eigenvalue weighted by molar-refractivity contribution is 7.99. The summed E-state index contributed by atoms with van der Waals surface area (Å²) < 4.78 is 30.7. The van der Waals surface area contributed by atoms with E-state index in [1.165, 1.54) is 17.3 Å². The van der Waals surface area contributed by atoms with Gasteiger partial charge in [-0.05, 0) is 53.6 Å². The van der Waals surface area contributed by atoms with Crippen LogP contribution in [0.25, 0.3) is 11.0 Å². The fourth-order valence-corrected chi connectivity index (χ4v) is 4.88. The maximum atomic E-state index is 12.9. The number of nitrogens with zero attached hydrogens (tertiary/aromatic N) is 2. The Labute approximate surface area is 154 Å². The molecular weight excluding hydrogens is 368 g/mol. The highest BCUT2D eigenvalue weighted by atomic mass is 32.2. The average molecular weight is 382 g/mol. The maximum Gasteiger partial charge on any atom is 0.208 e. The Hall–Kier alpha value is -2.64. The van der Waals surface area contributed by atoms with E-state index in [9.17, 15) is 8.42 Å². The molecule has 0 saturated heterocycles. The van der Waals surface area contributed by atoms with Gasteiger partial charge in [-0.3, -0.25) is 0 Å². The molecule has 3 aromatic carbocycles. The number of benzene rings is 3. The monoisotopic (exact) mass is 382 g/mol. The molecule has 4 rings (SSSR count). The van der Waals surface area contributed by atoms with E-state index < -0.39 is 9.84 Å². The highest BCUT2D eigenvalue weighted by Crippen LogP contribution is 2.36. The molecule has 0 aliphatic rings. The van der Waals surface area contributed by atoms with Gasteiger partial charge in [0, 0.05) is 9.79 Å². The molecule has 7 heteroatoms. The largest absolute Gasteiger partial charge is 0.243 e. The van der Waals surface area contributed by atoms with Crippen LogP contribution in [0.4, 0.5) is 0 Å². The average Bonchev–Trinajstić information content (AvgIpc) is 3.14. The summed E-state index contributed by atoms with van der Waals surface area (Å²) in [4.78, 5) is 2.12. The Morgan fingerprint density at radius 1 is 0.846 bits per heavy atom. The van der Waals surface area contributed by atoms with Gasteiger partial charge in [0.05, 0.1) is 4.90 Å². The van der Waals surface area contributed by atoms with E-state index in [1.807, 2.05) is 31.2 Å². The highest BCUT2D eigenvalue weighted by Gasteiger charge is 2.24. The van der Waals surface area contributed by atoms with Crippen molar-refractivity contribution in [2.24, 2.45) is 0 Å². The van der Waals surface area contributed by atoms with Crippen LogP contribution in [0, 0.1) is 6.92 Å². The van der Waals surface area contributed by atoms with Crippen LogP contribution in [0.15, 0.2) is 90.9 Å². The van der Waals surface area contributed by atoms with Crippen molar-refractivity contribution in [1.82, 2.24) is 10.3 Å². The number of aryl methyl sites for hydroxylation is 1. The number of rotatable bonds is 4. The summed E-state index contributed by atoms with van der Waals surface area (Å²) in [5.74, 6) is 0. The predicted octanol–water partition coefficient (Wildman–Crippen LogP) is 4.52. The summed E-state index contributed by atoms with van der Waals surface area (Å²) in [5, 5.41) is 7.78. The van der Waals surface area contributed by atoms with Crippen LogP contribution in [0.5, 0.6) is 0 Å². The number of aromatic nitrogens is 2. The van der Waals surface area contributed by atoms with Gasteiger partial charge in [-0.15, -0.1) is 0 Å². The second-order valence-corrected chi connectivity index (χ2v) is 8.79. The standard InChI is InChI=1S/C19H14N2O3S2/c1-13-7-9-14(10-8-13)25-16-11-12-17(19-18(16)20-24-21-19)26(22,23)15-5-3-2-4-6-15/h2-12H,1H3. The topological polar surface area (TPSA) is 73.1 Å². The van der Waals surface area contributed by atoms with Gasteiger partial charge in [0.2, 0.25) is 9.84 Å². The van der Waals surface area contributed by atoms with E-state index in [1.54, 1.807) is 42.5 Å². The molecule has 0 atom stereocenters. The molecular formula is C19H14N2O3S2. The minimum absolute atomic E-state index is 0.0909. The Morgan fingerprint density at radius 3 is 2.27 bits per heavy atom. The van der Waals surface area contributed by atoms with Crippen LogP contribution in [0.2, 0.25) is 0 Å². The van der Waals surface area contributed by atoms with Gasteiger partial charge in [0.1, 0.15) is 10.4 Å². The molecule has 0 aliphatic heterocycles. The van der Waals surface area contributed by atoms with E-state index in [0.717, 1.165) is 9.79 Å². The van der Waals surface area contributed by atoms with Gasteiger partial charge in [0.25, 0.3) is 0 Å². The van der Waals surface area contributed by atoms with Crippen molar-refractivity contribution >= 4 is 32.6 Å². The van der Waals surface area contributed by atoms with Gasteiger partial charge in [0.15, 0.2) is 5.52 Å². The van der Waals surface area contributed by atoms with Crippen LogP contribution < -0.4 is 0 Å². The molecule has 4 aromatic rings.